The number of fused-ring (bicyclic) bond motifs is 1. The minimum atomic E-state index is 0.520. The van der Waals surface area contributed by atoms with Crippen molar-refractivity contribution < 1.29 is 0 Å². The molecular weight excluding hydrogens is 280 g/mol. The third-order valence-electron chi connectivity index (χ3n) is 3.72. The Morgan fingerprint density at radius 2 is 1.76 bits per heavy atom. The van der Waals surface area contributed by atoms with Gasteiger partial charge in [-0.15, -0.1) is 12.6 Å². The van der Waals surface area contributed by atoms with Crippen molar-refractivity contribution in [1.29, 1.82) is 0 Å². The van der Waals surface area contributed by atoms with Crippen molar-refractivity contribution in [2.24, 2.45) is 0 Å². The van der Waals surface area contributed by atoms with E-state index in [9.17, 15) is 0 Å². The Bertz CT molecular complexity index is 865. The quantitative estimate of drug-likeness (QED) is 0.676. The molecule has 2 N–H and O–H groups in total. The van der Waals surface area contributed by atoms with E-state index in [1.165, 1.54) is 10.9 Å². The molecule has 0 bridgehead atoms. The summed E-state index contributed by atoms with van der Waals surface area (Å²) < 4.78 is 1.66. The van der Waals surface area contributed by atoms with Crippen LogP contribution in [0.2, 0.25) is 0 Å². The zero-order valence-corrected chi connectivity index (χ0v) is 13.5. The number of pyridine rings is 1. The molecule has 0 amide bonds. The molecule has 5 heteroatoms. The number of rotatable bonds is 1. The minimum absolute atomic E-state index is 0.520. The number of benzene rings is 1. The predicted octanol–water partition coefficient (Wildman–Crippen LogP) is 3.53. The lowest BCUT2D eigenvalue weighted by Gasteiger charge is -2.10. The highest BCUT2D eigenvalue weighted by molar-refractivity contribution is 7.80. The van der Waals surface area contributed by atoms with Crippen LogP contribution in [0.4, 0.5) is 5.82 Å². The molecule has 2 aromatic heterocycles. The van der Waals surface area contributed by atoms with Crippen LogP contribution in [0.1, 0.15) is 22.4 Å². The summed E-state index contributed by atoms with van der Waals surface area (Å²) in [6.07, 6.45) is 0. The van der Waals surface area contributed by atoms with Gasteiger partial charge in [-0.2, -0.15) is 9.78 Å². The lowest BCUT2D eigenvalue weighted by molar-refractivity contribution is 0.845. The molecule has 0 fully saturated rings. The smallest absolute Gasteiger partial charge is 0.156 e. The molecule has 0 atom stereocenters. The van der Waals surface area contributed by atoms with Gasteiger partial charge in [0.1, 0.15) is 5.82 Å². The van der Waals surface area contributed by atoms with Crippen LogP contribution < -0.4 is 5.73 Å². The van der Waals surface area contributed by atoms with Gasteiger partial charge in [0.05, 0.1) is 16.1 Å². The van der Waals surface area contributed by atoms with Crippen molar-refractivity contribution in [3.63, 3.8) is 0 Å². The molecule has 1 aromatic carbocycles. The number of nitrogens with zero attached hydrogens (tertiary/aromatic N) is 3. The highest BCUT2D eigenvalue weighted by Gasteiger charge is 2.14. The van der Waals surface area contributed by atoms with Gasteiger partial charge in [-0.25, -0.2) is 4.98 Å². The minimum Gasteiger partial charge on any atom is -0.383 e. The Morgan fingerprint density at radius 3 is 2.38 bits per heavy atom. The van der Waals surface area contributed by atoms with Gasteiger partial charge in [0.2, 0.25) is 0 Å². The fourth-order valence-electron chi connectivity index (χ4n) is 2.65. The normalized spacial score (nSPS) is 11.3. The van der Waals surface area contributed by atoms with Crippen molar-refractivity contribution in [2.75, 3.05) is 5.73 Å². The molecular formula is C16H18N4S. The zero-order valence-electron chi connectivity index (χ0n) is 12.6. The van der Waals surface area contributed by atoms with Crippen LogP contribution in [-0.4, -0.2) is 14.8 Å². The largest absolute Gasteiger partial charge is 0.383 e. The molecule has 0 radical (unpaired) electrons. The zero-order chi connectivity index (χ0) is 15.3. The summed E-state index contributed by atoms with van der Waals surface area (Å²) in [5.74, 6) is 1.25. The van der Waals surface area contributed by atoms with Crippen molar-refractivity contribution in [3.05, 3.63) is 40.6 Å². The number of anilines is 1. The number of aromatic nitrogens is 3. The van der Waals surface area contributed by atoms with Gasteiger partial charge in [0.15, 0.2) is 5.82 Å². The highest BCUT2D eigenvalue weighted by Crippen LogP contribution is 2.27. The maximum atomic E-state index is 6.08. The van der Waals surface area contributed by atoms with E-state index >= 15 is 0 Å². The molecule has 108 valence electrons. The first-order chi connectivity index (χ1) is 9.88. The number of nitrogens with two attached hydrogens (primary N) is 1. The SMILES string of the molecule is Cc1cc(C)c2nc(-n3nc(C)c(S)c3N)cc(C)c2c1. The van der Waals surface area contributed by atoms with Crippen LogP contribution in [0, 0.1) is 27.7 Å². The van der Waals surface area contributed by atoms with E-state index in [-0.39, 0.29) is 0 Å². The maximum Gasteiger partial charge on any atom is 0.156 e. The Balaban J connectivity index is 2.32. The van der Waals surface area contributed by atoms with Crippen molar-refractivity contribution >= 4 is 29.3 Å². The molecule has 0 aliphatic carbocycles. The van der Waals surface area contributed by atoms with E-state index in [2.05, 4.69) is 50.6 Å². The van der Waals surface area contributed by atoms with Gasteiger partial charge < -0.3 is 5.73 Å². The molecule has 3 aromatic rings. The first-order valence-corrected chi connectivity index (χ1v) is 7.26. The standard InChI is InChI=1S/C16H18N4S/c1-8-5-10(3)14-12(6-8)9(2)7-13(18-14)20-16(17)15(21)11(4)19-20/h5-7,21H,17H2,1-4H3. The van der Waals surface area contributed by atoms with Crippen molar-refractivity contribution in [2.45, 2.75) is 32.6 Å². The molecule has 0 aliphatic heterocycles. The Morgan fingerprint density at radius 1 is 1.05 bits per heavy atom. The Hall–Kier alpha value is -2.01. The van der Waals surface area contributed by atoms with Gasteiger partial charge >= 0.3 is 0 Å². The summed E-state index contributed by atoms with van der Waals surface area (Å²) in [5.41, 5.74) is 11.4. The molecule has 0 aliphatic rings. The lowest BCUT2D eigenvalue weighted by atomic mass is 10.0. The van der Waals surface area contributed by atoms with Crippen LogP contribution in [0.25, 0.3) is 16.7 Å². The summed E-state index contributed by atoms with van der Waals surface area (Å²) in [6, 6.07) is 6.31. The average Bonchev–Trinajstić information content (AvgIpc) is 2.67. The lowest BCUT2D eigenvalue weighted by Crippen LogP contribution is -2.05. The van der Waals surface area contributed by atoms with E-state index < -0.39 is 0 Å². The van der Waals surface area contributed by atoms with E-state index in [1.54, 1.807) is 4.68 Å². The molecule has 0 saturated heterocycles. The molecule has 2 heterocycles. The van der Waals surface area contributed by atoms with Crippen molar-refractivity contribution in [3.8, 4) is 5.82 Å². The number of nitrogen functional groups attached to an aromatic ring is 1. The molecule has 4 nitrogen and oxygen atoms in total. The predicted molar refractivity (Wildman–Crippen MR) is 89.5 cm³/mol. The number of hydrogen-bond acceptors (Lipinski definition) is 4. The molecule has 0 spiro atoms. The summed E-state index contributed by atoms with van der Waals surface area (Å²) in [7, 11) is 0. The molecule has 21 heavy (non-hydrogen) atoms. The fraction of sp³-hybridized carbons (Fsp3) is 0.250. The van der Waals surface area contributed by atoms with E-state index in [4.69, 9.17) is 10.7 Å². The van der Waals surface area contributed by atoms with Crippen LogP contribution in [0.3, 0.4) is 0 Å². The van der Waals surface area contributed by atoms with Crippen LogP contribution in [0.5, 0.6) is 0 Å². The second kappa shape index (κ2) is 4.77. The van der Waals surface area contributed by atoms with E-state index in [0.717, 1.165) is 28.2 Å². The monoisotopic (exact) mass is 298 g/mol. The molecule has 3 rings (SSSR count). The van der Waals surface area contributed by atoms with E-state index in [1.807, 2.05) is 13.0 Å². The van der Waals surface area contributed by atoms with Gasteiger partial charge in [0, 0.05) is 5.39 Å². The number of aryl methyl sites for hydroxylation is 4. The Labute approximate surface area is 129 Å². The second-order valence-electron chi connectivity index (χ2n) is 5.51. The third kappa shape index (κ3) is 2.17. The first-order valence-electron chi connectivity index (χ1n) is 6.81. The summed E-state index contributed by atoms with van der Waals surface area (Å²) in [6.45, 7) is 8.15. The fourth-order valence-corrected chi connectivity index (χ4v) is 2.79. The highest BCUT2D eigenvalue weighted by atomic mass is 32.1. The van der Waals surface area contributed by atoms with Gasteiger partial charge in [-0.3, -0.25) is 0 Å². The van der Waals surface area contributed by atoms with Crippen LogP contribution in [-0.2, 0) is 0 Å². The van der Waals surface area contributed by atoms with E-state index in [0.29, 0.717) is 10.7 Å². The summed E-state index contributed by atoms with van der Waals surface area (Å²) in [4.78, 5) is 5.45. The molecule has 0 unspecified atom stereocenters. The average molecular weight is 298 g/mol. The topological polar surface area (TPSA) is 56.7 Å². The number of hydrogen-bond donors (Lipinski definition) is 2. The summed E-state index contributed by atoms with van der Waals surface area (Å²) >= 11 is 4.38. The van der Waals surface area contributed by atoms with Gasteiger partial charge in [0.25, 0.3) is 0 Å². The summed E-state index contributed by atoms with van der Waals surface area (Å²) in [5, 5.41) is 5.60. The van der Waals surface area contributed by atoms with Gasteiger partial charge in [-0.05, 0) is 51.0 Å². The van der Waals surface area contributed by atoms with Crippen LogP contribution in [0.15, 0.2) is 23.1 Å². The molecule has 0 saturated carbocycles. The van der Waals surface area contributed by atoms with Crippen LogP contribution >= 0.6 is 12.6 Å². The Kier molecular flexibility index (Phi) is 3.17. The number of thiol groups is 1. The second-order valence-corrected chi connectivity index (χ2v) is 5.95. The van der Waals surface area contributed by atoms with Gasteiger partial charge in [-0.1, -0.05) is 11.6 Å². The van der Waals surface area contributed by atoms with Crippen molar-refractivity contribution in [1.82, 2.24) is 14.8 Å². The third-order valence-corrected chi connectivity index (χ3v) is 4.27. The first kappa shape index (κ1) is 13.9. The maximum absolute atomic E-state index is 6.08.